The Kier molecular flexibility index (Phi) is 4.03. The number of rotatable bonds is 4. The van der Waals surface area contributed by atoms with E-state index in [0.717, 1.165) is 0 Å². The number of halogens is 1. The van der Waals surface area contributed by atoms with Crippen LogP contribution in [-0.2, 0) is 0 Å². The van der Waals surface area contributed by atoms with E-state index in [1.807, 2.05) is 6.07 Å². The van der Waals surface area contributed by atoms with Crippen molar-refractivity contribution < 1.29 is 14.3 Å². The summed E-state index contributed by atoms with van der Waals surface area (Å²) < 4.78 is 4.91. The van der Waals surface area contributed by atoms with E-state index in [4.69, 9.17) is 21.6 Å². The van der Waals surface area contributed by atoms with Gasteiger partial charge in [-0.1, -0.05) is 0 Å². The molecule has 0 saturated heterocycles. The first-order valence-electron chi connectivity index (χ1n) is 4.34. The number of hydrogen-bond acceptors (Lipinski definition) is 4. The molecule has 1 aromatic carbocycles. The zero-order valence-corrected chi connectivity index (χ0v) is 9.25. The number of methoxy groups -OCH3 is 1. The minimum atomic E-state index is -0.456. The average Bonchev–Trinajstić information content (AvgIpc) is 2.35. The van der Waals surface area contributed by atoms with E-state index in [-0.39, 0.29) is 22.6 Å². The molecule has 0 heterocycles. The van der Waals surface area contributed by atoms with Crippen LogP contribution in [0.25, 0.3) is 0 Å². The number of Topliss-reactive ketones (excluding diaryl/α,β-unsaturated/α-hetero) is 1. The van der Waals surface area contributed by atoms with Crippen LogP contribution >= 0.6 is 11.6 Å². The van der Waals surface area contributed by atoms with E-state index in [1.165, 1.54) is 19.2 Å². The van der Waals surface area contributed by atoms with Crippen molar-refractivity contribution in [1.82, 2.24) is 0 Å². The van der Waals surface area contributed by atoms with Crippen LogP contribution in [0.1, 0.15) is 26.3 Å². The normalized spacial score (nSPS) is 9.31. The summed E-state index contributed by atoms with van der Waals surface area (Å²) in [5.41, 5.74) is 0.252. The lowest BCUT2D eigenvalue weighted by atomic mass is 9.99. The number of carbonyl (C=O) groups is 2. The second-order valence-corrected chi connectivity index (χ2v) is 3.19. The molecule has 0 unspecified atom stereocenters. The van der Waals surface area contributed by atoms with Crippen LogP contribution in [0.2, 0.25) is 0 Å². The Morgan fingerprint density at radius 1 is 1.62 bits per heavy atom. The van der Waals surface area contributed by atoms with Gasteiger partial charge in [0.2, 0.25) is 0 Å². The summed E-state index contributed by atoms with van der Waals surface area (Å²) in [6.07, 6.45) is 0.503. The molecule has 0 fully saturated rings. The molecule has 0 saturated carbocycles. The molecule has 0 aliphatic carbocycles. The predicted octanol–water partition coefficient (Wildman–Crippen LogP) is 1.80. The highest BCUT2D eigenvalue weighted by Crippen LogP contribution is 2.22. The fourth-order valence-electron chi connectivity index (χ4n) is 1.31. The van der Waals surface area contributed by atoms with Gasteiger partial charge >= 0.3 is 0 Å². The molecule has 0 radical (unpaired) electrons. The second-order valence-electron chi connectivity index (χ2n) is 2.93. The maximum Gasteiger partial charge on any atom is 0.179 e. The van der Waals surface area contributed by atoms with Gasteiger partial charge in [-0.25, -0.2) is 0 Å². The number of hydrogen-bond donors (Lipinski definition) is 0. The third kappa shape index (κ3) is 2.20. The zero-order chi connectivity index (χ0) is 12.1. The molecule has 0 aromatic heterocycles. The maximum atomic E-state index is 11.5. The first-order valence-corrected chi connectivity index (χ1v) is 4.87. The third-order valence-corrected chi connectivity index (χ3v) is 2.27. The van der Waals surface area contributed by atoms with Crippen molar-refractivity contribution in [2.24, 2.45) is 0 Å². The van der Waals surface area contributed by atoms with E-state index < -0.39 is 5.78 Å². The van der Waals surface area contributed by atoms with Gasteiger partial charge in [0.15, 0.2) is 12.1 Å². The summed E-state index contributed by atoms with van der Waals surface area (Å²) in [6.45, 7) is 0. The molecule has 0 atom stereocenters. The second kappa shape index (κ2) is 5.29. The number of aldehydes is 1. The maximum absolute atomic E-state index is 11.5. The van der Waals surface area contributed by atoms with Gasteiger partial charge in [-0.2, -0.15) is 5.26 Å². The number of carbonyl (C=O) groups excluding carboxylic acids is 2. The lowest BCUT2D eigenvalue weighted by Gasteiger charge is -2.07. The summed E-state index contributed by atoms with van der Waals surface area (Å²) in [7, 11) is 1.41. The standard InChI is InChI=1S/C11H8ClNO3/c1-16-9-2-7(5-13)11(10(15)4-12)8(3-9)6-14/h2-3,6H,4H2,1H3. The molecule has 0 bridgehead atoms. The molecule has 5 heteroatoms. The summed E-state index contributed by atoms with van der Waals surface area (Å²) in [6, 6.07) is 4.63. The van der Waals surface area contributed by atoms with Gasteiger partial charge in [0, 0.05) is 11.1 Å². The van der Waals surface area contributed by atoms with Crippen molar-refractivity contribution >= 4 is 23.7 Å². The Labute approximate surface area is 97.4 Å². The van der Waals surface area contributed by atoms with Crippen molar-refractivity contribution in [3.63, 3.8) is 0 Å². The van der Waals surface area contributed by atoms with Crippen molar-refractivity contribution in [1.29, 1.82) is 5.26 Å². The first-order chi connectivity index (χ1) is 7.67. The van der Waals surface area contributed by atoms with Gasteiger partial charge in [-0.3, -0.25) is 9.59 Å². The number of ketones is 1. The Morgan fingerprint density at radius 2 is 2.31 bits per heavy atom. The first kappa shape index (κ1) is 12.2. The van der Waals surface area contributed by atoms with Crippen molar-refractivity contribution in [3.05, 3.63) is 28.8 Å². The summed E-state index contributed by atoms with van der Waals surface area (Å²) in [5.74, 6) is -0.380. The predicted molar refractivity (Wildman–Crippen MR) is 58.1 cm³/mol. The Morgan fingerprint density at radius 3 is 2.75 bits per heavy atom. The van der Waals surface area contributed by atoms with Crippen molar-refractivity contribution in [3.8, 4) is 11.8 Å². The molecule has 1 rings (SSSR count). The van der Waals surface area contributed by atoms with E-state index in [9.17, 15) is 9.59 Å². The molecule has 16 heavy (non-hydrogen) atoms. The summed E-state index contributed by atoms with van der Waals surface area (Å²) in [4.78, 5) is 22.3. The molecule has 0 spiro atoms. The molecular formula is C11H8ClNO3. The van der Waals surface area contributed by atoms with E-state index in [2.05, 4.69) is 0 Å². The van der Waals surface area contributed by atoms with Crippen LogP contribution < -0.4 is 4.74 Å². The monoisotopic (exact) mass is 237 g/mol. The van der Waals surface area contributed by atoms with Gasteiger partial charge in [-0.05, 0) is 12.1 Å². The van der Waals surface area contributed by atoms with Crippen LogP contribution in [0.5, 0.6) is 5.75 Å². The molecular weight excluding hydrogens is 230 g/mol. The number of nitrogens with zero attached hydrogens (tertiary/aromatic N) is 1. The molecule has 1 aromatic rings. The van der Waals surface area contributed by atoms with Crippen LogP contribution in [-0.4, -0.2) is 25.1 Å². The van der Waals surface area contributed by atoms with Crippen LogP contribution in [0.15, 0.2) is 12.1 Å². The zero-order valence-electron chi connectivity index (χ0n) is 8.49. The molecule has 0 N–H and O–H groups in total. The minimum absolute atomic E-state index is 0.0494. The molecule has 4 nitrogen and oxygen atoms in total. The van der Waals surface area contributed by atoms with Gasteiger partial charge < -0.3 is 4.74 Å². The van der Waals surface area contributed by atoms with E-state index >= 15 is 0 Å². The molecule has 0 aliphatic rings. The highest BCUT2D eigenvalue weighted by molar-refractivity contribution is 6.31. The molecule has 82 valence electrons. The number of alkyl halides is 1. The highest BCUT2D eigenvalue weighted by atomic mass is 35.5. The Hall–Kier alpha value is -1.86. The van der Waals surface area contributed by atoms with E-state index in [0.29, 0.717) is 12.0 Å². The summed E-state index contributed by atoms with van der Waals surface area (Å²) in [5, 5.41) is 8.89. The van der Waals surface area contributed by atoms with E-state index in [1.54, 1.807) is 0 Å². The quantitative estimate of drug-likeness (QED) is 0.455. The van der Waals surface area contributed by atoms with Crippen molar-refractivity contribution in [2.75, 3.05) is 13.0 Å². The fourth-order valence-corrected chi connectivity index (χ4v) is 1.45. The number of benzene rings is 1. The fraction of sp³-hybridized carbons (Fsp3) is 0.182. The van der Waals surface area contributed by atoms with Crippen LogP contribution in [0, 0.1) is 11.3 Å². The van der Waals surface area contributed by atoms with Gasteiger partial charge in [-0.15, -0.1) is 11.6 Å². The Bertz CT molecular complexity index is 477. The van der Waals surface area contributed by atoms with Gasteiger partial charge in [0.05, 0.1) is 18.6 Å². The summed E-state index contributed by atoms with van der Waals surface area (Å²) >= 11 is 5.41. The highest BCUT2D eigenvalue weighted by Gasteiger charge is 2.17. The van der Waals surface area contributed by atoms with Crippen LogP contribution in [0.4, 0.5) is 0 Å². The van der Waals surface area contributed by atoms with Gasteiger partial charge in [0.1, 0.15) is 11.8 Å². The van der Waals surface area contributed by atoms with Crippen LogP contribution in [0.3, 0.4) is 0 Å². The lowest BCUT2D eigenvalue weighted by Crippen LogP contribution is -2.08. The SMILES string of the molecule is COc1cc(C#N)c(C(=O)CCl)c(C=O)c1. The smallest absolute Gasteiger partial charge is 0.179 e. The molecule has 0 amide bonds. The Balaban J connectivity index is 3.51. The lowest BCUT2D eigenvalue weighted by molar-refractivity contribution is 0.101. The number of nitriles is 1. The van der Waals surface area contributed by atoms with Crippen molar-refractivity contribution in [2.45, 2.75) is 0 Å². The minimum Gasteiger partial charge on any atom is -0.497 e. The molecule has 0 aliphatic heterocycles. The third-order valence-electron chi connectivity index (χ3n) is 2.03. The largest absolute Gasteiger partial charge is 0.497 e. The topological polar surface area (TPSA) is 67.2 Å². The van der Waals surface area contributed by atoms with Gasteiger partial charge in [0.25, 0.3) is 0 Å². The number of ether oxygens (including phenoxy) is 1. The average molecular weight is 238 g/mol.